The first-order valence-electron chi connectivity index (χ1n) is 3.24. The average Bonchev–Trinajstić information content (AvgIpc) is 1.88. The van der Waals surface area contributed by atoms with Gasteiger partial charge in [0.25, 0.3) is 0 Å². The van der Waals surface area contributed by atoms with E-state index in [4.69, 9.17) is 5.11 Å². The summed E-state index contributed by atoms with van der Waals surface area (Å²) in [5.41, 5.74) is 0. The van der Waals surface area contributed by atoms with Gasteiger partial charge >= 0.3 is 0 Å². The van der Waals surface area contributed by atoms with E-state index >= 15 is 0 Å². The van der Waals surface area contributed by atoms with Crippen LogP contribution in [0, 0.1) is 5.92 Å². The second kappa shape index (κ2) is 2.97. The number of allylic oxidation sites excluding steroid dienone is 2. The van der Waals surface area contributed by atoms with Crippen LogP contribution in [0.2, 0.25) is 0 Å². The van der Waals surface area contributed by atoms with Crippen LogP contribution in [-0.4, -0.2) is 17.9 Å². The summed E-state index contributed by atoms with van der Waals surface area (Å²) in [6.07, 6.45) is 3.86. The Hall–Kier alpha value is -0.370. The molecule has 0 aromatic carbocycles. The van der Waals surface area contributed by atoms with Gasteiger partial charge in [-0.3, -0.25) is 0 Å². The first-order valence-corrected chi connectivity index (χ1v) is 3.24. The molecule has 1 unspecified atom stereocenters. The number of aliphatic hydroxyl groups is 1. The van der Waals surface area contributed by atoms with Gasteiger partial charge in [0, 0.05) is 6.61 Å². The van der Waals surface area contributed by atoms with Gasteiger partial charge < -0.3 is 5.11 Å². The highest BCUT2D eigenvalue weighted by Gasteiger charge is 2.15. The molecule has 1 rings (SSSR count). The van der Waals surface area contributed by atoms with Crippen LogP contribution in [-0.2, 0) is 0 Å². The van der Waals surface area contributed by atoms with Crippen molar-refractivity contribution in [1.82, 2.24) is 0 Å². The van der Waals surface area contributed by atoms with Crippen LogP contribution in [0.25, 0.3) is 0 Å². The fourth-order valence-corrected chi connectivity index (χ4v) is 1.06. The molecule has 0 heterocycles. The summed E-state index contributed by atoms with van der Waals surface area (Å²) in [6, 6.07) is 0. The molecule has 0 bridgehead atoms. The van der Waals surface area contributed by atoms with Gasteiger partial charge in [-0.1, -0.05) is 12.2 Å². The van der Waals surface area contributed by atoms with E-state index < -0.39 is 6.17 Å². The van der Waals surface area contributed by atoms with Gasteiger partial charge in [0.2, 0.25) is 0 Å². The Kier molecular flexibility index (Phi) is 2.22. The average molecular weight is 130 g/mol. The molecule has 0 aliphatic heterocycles. The van der Waals surface area contributed by atoms with Crippen molar-refractivity contribution in [3.8, 4) is 0 Å². The van der Waals surface area contributed by atoms with Crippen molar-refractivity contribution in [2.24, 2.45) is 5.92 Å². The molecule has 2 atom stereocenters. The van der Waals surface area contributed by atoms with Gasteiger partial charge in [0.1, 0.15) is 6.17 Å². The second-order valence-electron chi connectivity index (χ2n) is 2.46. The van der Waals surface area contributed by atoms with Gasteiger partial charge in [0.05, 0.1) is 0 Å². The summed E-state index contributed by atoms with van der Waals surface area (Å²) in [5.74, 6) is 0.157. The quantitative estimate of drug-likeness (QED) is 0.530. The van der Waals surface area contributed by atoms with E-state index in [9.17, 15) is 4.39 Å². The Morgan fingerprint density at radius 3 is 2.89 bits per heavy atom. The second-order valence-corrected chi connectivity index (χ2v) is 2.46. The molecular weight excluding hydrogens is 119 g/mol. The predicted molar refractivity (Wildman–Crippen MR) is 33.8 cm³/mol. The lowest BCUT2D eigenvalue weighted by atomic mass is 9.94. The molecule has 1 aliphatic carbocycles. The van der Waals surface area contributed by atoms with Crippen LogP contribution in [0.15, 0.2) is 12.2 Å². The summed E-state index contributed by atoms with van der Waals surface area (Å²) >= 11 is 0. The maximum absolute atomic E-state index is 12.4. The van der Waals surface area contributed by atoms with Crippen molar-refractivity contribution in [1.29, 1.82) is 0 Å². The number of hydrogen-bond acceptors (Lipinski definition) is 1. The fourth-order valence-electron chi connectivity index (χ4n) is 1.06. The van der Waals surface area contributed by atoms with E-state index in [0.29, 0.717) is 6.42 Å². The smallest absolute Gasteiger partial charge is 0.119 e. The summed E-state index contributed by atoms with van der Waals surface area (Å²) in [4.78, 5) is 0. The SMILES string of the molecule is OC[C@@H]1CC=CC(F)C1. The van der Waals surface area contributed by atoms with Crippen LogP contribution in [0.3, 0.4) is 0 Å². The molecule has 0 saturated heterocycles. The zero-order chi connectivity index (χ0) is 6.69. The van der Waals surface area contributed by atoms with Crippen molar-refractivity contribution >= 4 is 0 Å². The maximum atomic E-state index is 12.4. The molecule has 0 spiro atoms. The van der Waals surface area contributed by atoms with E-state index in [0.717, 1.165) is 6.42 Å². The standard InChI is InChI=1S/C7H11FO/c8-7-3-1-2-6(4-7)5-9/h1,3,6-7,9H,2,4-5H2/t6-,7?/m1/s1. The molecule has 1 aliphatic rings. The maximum Gasteiger partial charge on any atom is 0.119 e. The molecule has 52 valence electrons. The molecule has 9 heavy (non-hydrogen) atoms. The number of aliphatic hydroxyl groups excluding tert-OH is 1. The molecule has 0 radical (unpaired) electrons. The monoisotopic (exact) mass is 130 g/mol. The molecule has 0 aromatic heterocycles. The molecule has 0 aromatic rings. The summed E-state index contributed by atoms with van der Waals surface area (Å²) in [7, 11) is 0. The Balaban J connectivity index is 2.38. The molecule has 1 N–H and O–H groups in total. The lowest BCUT2D eigenvalue weighted by molar-refractivity contribution is 0.188. The molecule has 1 nitrogen and oxygen atoms in total. The Morgan fingerprint density at radius 2 is 2.44 bits per heavy atom. The zero-order valence-corrected chi connectivity index (χ0v) is 5.26. The molecular formula is C7H11FO. The summed E-state index contributed by atoms with van der Waals surface area (Å²) in [6.45, 7) is 0.116. The van der Waals surface area contributed by atoms with Gasteiger partial charge in [-0.15, -0.1) is 0 Å². The number of halogens is 1. The van der Waals surface area contributed by atoms with Crippen molar-refractivity contribution < 1.29 is 9.50 Å². The van der Waals surface area contributed by atoms with Crippen LogP contribution >= 0.6 is 0 Å². The summed E-state index contributed by atoms with van der Waals surface area (Å²) in [5, 5.41) is 8.61. The van der Waals surface area contributed by atoms with Gasteiger partial charge in [-0.2, -0.15) is 0 Å². The van der Waals surface area contributed by atoms with Crippen LogP contribution in [0.1, 0.15) is 12.8 Å². The Bertz CT molecular complexity index is 111. The molecule has 0 saturated carbocycles. The number of rotatable bonds is 1. The lowest BCUT2D eigenvalue weighted by Crippen LogP contribution is -2.14. The van der Waals surface area contributed by atoms with Crippen molar-refractivity contribution in [2.45, 2.75) is 19.0 Å². The van der Waals surface area contributed by atoms with E-state index in [-0.39, 0.29) is 12.5 Å². The number of hydrogen-bond donors (Lipinski definition) is 1. The Labute approximate surface area is 54.2 Å². The van der Waals surface area contributed by atoms with Crippen molar-refractivity contribution in [2.75, 3.05) is 6.61 Å². The van der Waals surface area contributed by atoms with Gasteiger partial charge in [-0.25, -0.2) is 4.39 Å². The highest BCUT2D eigenvalue weighted by molar-refractivity contribution is 4.96. The molecule has 0 amide bonds. The Morgan fingerprint density at radius 1 is 1.67 bits per heavy atom. The normalized spacial score (nSPS) is 34.9. The minimum atomic E-state index is -0.823. The first kappa shape index (κ1) is 6.75. The largest absolute Gasteiger partial charge is 0.396 e. The zero-order valence-electron chi connectivity index (χ0n) is 5.26. The third-order valence-electron chi connectivity index (χ3n) is 1.63. The number of alkyl halides is 1. The van der Waals surface area contributed by atoms with Crippen molar-refractivity contribution in [3.63, 3.8) is 0 Å². The highest BCUT2D eigenvalue weighted by Crippen LogP contribution is 2.19. The van der Waals surface area contributed by atoms with Crippen LogP contribution in [0.5, 0.6) is 0 Å². The third kappa shape index (κ3) is 1.79. The highest BCUT2D eigenvalue weighted by atomic mass is 19.1. The van der Waals surface area contributed by atoms with E-state index in [1.54, 1.807) is 12.2 Å². The topological polar surface area (TPSA) is 20.2 Å². The van der Waals surface area contributed by atoms with Crippen LogP contribution in [0.4, 0.5) is 4.39 Å². The van der Waals surface area contributed by atoms with E-state index in [2.05, 4.69) is 0 Å². The summed E-state index contributed by atoms with van der Waals surface area (Å²) < 4.78 is 12.4. The predicted octanol–water partition coefficient (Wildman–Crippen LogP) is 1.28. The third-order valence-corrected chi connectivity index (χ3v) is 1.63. The lowest BCUT2D eigenvalue weighted by Gasteiger charge is -2.16. The minimum Gasteiger partial charge on any atom is -0.396 e. The van der Waals surface area contributed by atoms with Gasteiger partial charge in [-0.05, 0) is 18.8 Å². The van der Waals surface area contributed by atoms with E-state index in [1.165, 1.54) is 0 Å². The van der Waals surface area contributed by atoms with Crippen LogP contribution < -0.4 is 0 Å². The van der Waals surface area contributed by atoms with E-state index in [1.807, 2.05) is 0 Å². The minimum absolute atomic E-state index is 0.116. The molecule has 2 heteroatoms. The first-order chi connectivity index (χ1) is 4.33. The molecule has 0 fully saturated rings. The van der Waals surface area contributed by atoms with Gasteiger partial charge in [0.15, 0.2) is 0 Å². The fraction of sp³-hybridized carbons (Fsp3) is 0.714. The van der Waals surface area contributed by atoms with Crippen molar-refractivity contribution in [3.05, 3.63) is 12.2 Å².